The molecule has 13 heavy (non-hydrogen) atoms. The highest BCUT2D eigenvalue weighted by Gasteiger charge is 2.20. The summed E-state index contributed by atoms with van der Waals surface area (Å²) in [6, 6.07) is 4.76. The van der Waals surface area contributed by atoms with Gasteiger partial charge in [0.05, 0.1) is 5.02 Å². The van der Waals surface area contributed by atoms with E-state index in [0.29, 0.717) is 0 Å². The fraction of sp³-hybridized carbons (Fsp3) is 0.333. The van der Waals surface area contributed by atoms with Crippen LogP contribution in [0, 0.1) is 5.82 Å². The van der Waals surface area contributed by atoms with Crippen molar-refractivity contribution in [2.45, 2.75) is 6.10 Å². The van der Waals surface area contributed by atoms with Gasteiger partial charge in [-0.05, 0) is 12.1 Å². The van der Waals surface area contributed by atoms with Gasteiger partial charge in [0.2, 0.25) is 0 Å². The average molecular weight is 202 g/mol. The minimum Gasteiger partial charge on any atom is -0.485 e. The Hall–Kier alpha value is -0.800. The molecule has 1 heterocycles. The highest BCUT2D eigenvalue weighted by molar-refractivity contribution is 6.30. The van der Waals surface area contributed by atoms with Crippen LogP contribution in [0.4, 0.5) is 4.39 Å². The normalized spacial score (nSPS) is 16.8. The molecule has 70 valence electrons. The lowest BCUT2D eigenvalue weighted by Gasteiger charge is -2.27. The largest absolute Gasteiger partial charge is 0.485 e. The fourth-order valence-electron chi connectivity index (χ4n) is 1.10. The zero-order chi connectivity index (χ0) is 9.26. The first-order chi connectivity index (χ1) is 6.27. The number of benzene rings is 1. The Morgan fingerprint density at radius 2 is 2.23 bits per heavy atom. The monoisotopic (exact) mass is 201 g/mol. The summed E-state index contributed by atoms with van der Waals surface area (Å²) in [7, 11) is 0. The number of halogens is 2. The second kappa shape index (κ2) is 3.52. The lowest BCUT2D eigenvalue weighted by Crippen LogP contribution is -2.50. The lowest BCUT2D eigenvalue weighted by atomic mass is 10.2. The van der Waals surface area contributed by atoms with Gasteiger partial charge in [0, 0.05) is 13.1 Å². The second-order valence-corrected chi connectivity index (χ2v) is 3.36. The maximum atomic E-state index is 13.2. The molecule has 0 radical (unpaired) electrons. The van der Waals surface area contributed by atoms with E-state index in [-0.39, 0.29) is 16.9 Å². The Labute approximate surface area is 80.7 Å². The molecular formula is C9H9ClFNO. The van der Waals surface area contributed by atoms with Crippen molar-refractivity contribution in [2.75, 3.05) is 13.1 Å². The van der Waals surface area contributed by atoms with E-state index in [9.17, 15) is 4.39 Å². The van der Waals surface area contributed by atoms with Crippen LogP contribution >= 0.6 is 11.6 Å². The Balaban J connectivity index is 2.14. The van der Waals surface area contributed by atoms with Crippen molar-refractivity contribution in [2.24, 2.45) is 0 Å². The van der Waals surface area contributed by atoms with Crippen LogP contribution < -0.4 is 10.1 Å². The quantitative estimate of drug-likeness (QED) is 0.789. The Morgan fingerprint density at radius 3 is 2.85 bits per heavy atom. The fourth-order valence-corrected chi connectivity index (χ4v) is 1.27. The van der Waals surface area contributed by atoms with E-state index in [2.05, 4.69) is 5.32 Å². The zero-order valence-corrected chi connectivity index (χ0v) is 7.64. The number of nitrogens with one attached hydrogen (secondary N) is 1. The van der Waals surface area contributed by atoms with Crippen LogP contribution in [0.1, 0.15) is 0 Å². The van der Waals surface area contributed by atoms with Gasteiger partial charge in [-0.2, -0.15) is 0 Å². The van der Waals surface area contributed by atoms with Crippen molar-refractivity contribution >= 4 is 11.6 Å². The van der Waals surface area contributed by atoms with Crippen LogP contribution in [0.5, 0.6) is 5.75 Å². The van der Waals surface area contributed by atoms with Crippen molar-refractivity contribution in [3.05, 3.63) is 29.0 Å². The third-order valence-corrected chi connectivity index (χ3v) is 2.25. The summed E-state index contributed by atoms with van der Waals surface area (Å²) in [5, 5.41) is 3.14. The van der Waals surface area contributed by atoms with Gasteiger partial charge in [-0.15, -0.1) is 0 Å². The van der Waals surface area contributed by atoms with Gasteiger partial charge in [-0.1, -0.05) is 17.7 Å². The van der Waals surface area contributed by atoms with Crippen molar-refractivity contribution in [1.82, 2.24) is 5.32 Å². The minimum absolute atomic E-state index is 0.0768. The molecule has 0 aliphatic carbocycles. The number of hydrogen-bond donors (Lipinski definition) is 1. The summed E-state index contributed by atoms with van der Waals surface area (Å²) in [5.41, 5.74) is 0. The van der Waals surface area contributed by atoms with Crippen LogP contribution in [-0.4, -0.2) is 19.2 Å². The molecule has 0 amide bonds. The molecular weight excluding hydrogens is 193 g/mol. The summed E-state index contributed by atoms with van der Waals surface area (Å²) in [6.07, 6.45) is 0.0768. The van der Waals surface area contributed by atoms with Gasteiger partial charge in [-0.25, -0.2) is 4.39 Å². The van der Waals surface area contributed by atoms with Crippen LogP contribution in [0.2, 0.25) is 5.02 Å². The van der Waals surface area contributed by atoms with Gasteiger partial charge in [0.25, 0.3) is 0 Å². The highest BCUT2D eigenvalue weighted by Crippen LogP contribution is 2.25. The molecule has 1 aliphatic rings. The van der Waals surface area contributed by atoms with E-state index in [1.165, 1.54) is 6.07 Å². The summed E-state index contributed by atoms with van der Waals surface area (Å²) in [5.74, 6) is -0.241. The molecule has 1 aliphatic heterocycles. The van der Waals surface area contributed by atoms with E-state index in [0.717, 1.165) is 13.1 Å². The number of hydrogen-bond acceptors (Lipinski definition) is 2. The van der Waals surface area contributed by atoms with E-state index >= 15 is 0 Å². The highest BCUT2D eigenvalue weighted by atomic mass is 35.5. The van der Waals surface area contributed by atoms with Crippen LogP contribution in [0.15, 0.2) is 18.2 Å². The predicted octanol–water partition coefficient (Wildman–Crippen LogP) is 1.83. The van der Waals surface area contributed by atoms with Gasteiger partial charge in [-0.3, -0.25) is 0 Å². The molecule has 2 nitrogen and oxygen atoms in total. The SMILES string of the molecule is Fc1c(Cl)cccc1OC1CNC1. The molecule has 1 saturated heterocycles. The van der Waals surface area contributed by atoms with E-state index in [4.69, 9.17) is 16.3 Å². The molecule has 2 rings (SSSR count). The van der Waals surface area contributed by atoms with Crippen molar-refractivity contribution in [3.8, 4) is 5.75 Å². The third kappa shape index (κ3) is 1.76. The van der Waals surface area contributed by atoms with Crippen molar-refractivity contribution in [3.63, 3.8) is 0 Å². The molecule has 0 aromatic heterocycles. The first kappa shape index (κ1) is 8.78. The summed E-state index contributed by atoms with van der Waals surface area (Å²) in [4.78, 5) is 0. The maximum Gasteiger partial charge on any atom is 0.183 e. The van der Waals surface area contributed by atoms with Crippen molar-refractivity contribution < 1.29 is 9.13 Å². The molecule has 1 N–H and O–H groups in total. The van der Waals surface area contributed by atoms with Gasteiger partial charge in [0.1, 0.15) is 6.10 Å². The second-order valence-electron chi connectivity index (χ2n) is 2.95. The van der Waals surface area contributed by atoms with Gasteiger partial charge >= 0.3 is 0 Å². The molecule has 0 saturated carbocycles. The molecule has 0 bridgehead atoms. The van der Waals surface area contributed by atoms with Crippen LogP contribution in [0.3, 0.4) is 0 Å². The molecule has 0 unspecified atom stereocenters. The summed E-state index contributed by atoms with van der Waals surface area (Å²) in [6.45, 7) is 1.54. The van der Waals surface area contributed by atoms with Crippen LogP contribution in [0.25, 0.3) is 0 Å². The minimum atomic E-state index is -0.476. The molecule has 4 heteroatoms. The maximum absolute atomic E-state index is 13.2. The first-order valence-electron chi connectivity index (χ1n) is 4.09. The smallest absolute Gasteiger partial charge is 0.183 e. The summed E-state index contributed by atoms with van der Waals surface area (Å²) < 4.78 is 18.6. The van der Waals surface area contributed by atoms with E-state index < -0.39 is 5.82 Å². The number of rotatable bonds is 2. The Morgan fingerprint density at radius 1 is 1.46 bits per heavy atom. The molecule has 0 spiro atoms. The van der Waals surface area contributed by atoms with E-state index in [1.807, 2.05) is 0 Å². The first-order valence-corrected chi connectivity index (χ1v) is 4.46. The Kier molecular flexibility index (Phi) is 2.38. The predicted molar refractivity (Wildman–Crippen MR) is 48.7 cm³/mol. The van der Waals surface area contributed by atoms with Crippen molar-refractivity contribution in [1.29, 1.82) is 0 Å². The Bertz CT molecular complexity index is 314. The number of ether oxygens (including phenoxy) is 1. The van der Waals surface area contributed by atoms with Crippen LogP contribution in [-0.2, 0) is 0 Å². The van der Waals surface area contributed by atoms with E-state index in [1.54, 1.807) is 12.1 Å². The lowest BCUT2D eigenvalue weighted by molar-refractivity contribution is 0.136. The molecule has 0 atom stereocenters. The zero-order valence-electron chi connectivity index (χ0n) is 6.89. The molecule has 1 aromatic rings. The molecule has 1 aromatic carbocycles. The third-order valence-electron chi connectivity index (χ3n) is 1.95. The average Bonchev–Trinajstić information content (AvgIpc) is 2.04. The topological polar surface area (TPSA) is 21.3 Å². The standard InChI is InChI=1S/C9H9ClFNO/c10-7-2-1-3-8(9(7)11)13-6-4-12-5-6/h1-3,6,12H,4-5H2. The van der Waals surface area contributed by atoms with Gasteiger partial charge < -0.3 is 10.1 Å². The molecule has 1 fully saturated rings. The van der Waals surface area contributed by atoms with Gasteiger partial charge in [0.15, 0.2) is 11.6 Å². The summed E-state index contributed by atoms with van der Waals surface area (Å²) >= 11 is 5.59.